The Morgan fingerprint density at radius 3 is 1.53 bits per heavy atom. The summed E-state index contributed by atoms with van der Waals surface area (Å²) in [6.07, 6.45) is 1.95. The van der Waals surface area contributed by atoms with Crippen molar-refractivity contribution >= 4 is 46.7 Å². The van der Waals surface area contributed by atoms with E-state index in [1.807, 2.05) is 9.80 Å². The van der Waals surface area contributed by atoms with Crippen LogP contribution in [0.4, 0.5) is 0 Å². The Kier molecular flexibility index (Phi) is 10.4. The van der Waals surface area contributed by atoms with Gasteiger partial charge in [-0.25, -0.2) is 0 Å². The van der Waals surface area contributed by atoms with Crippen LogP contribution in [-0.4, -0.2) is 66.1 Å². The summed E-state index contributed by atoms with van der Waals surface area (Å²) >= 11 is 17.8. The van der Waals surface area contributed by atoms with Gasteiger partial charge in [0.15, 0.2) is 10.9 Å². The number of carbonyl (C=O) groups is 2. The fourth-order valence-electron chi connectivity index (χ4n) is 4.02. The van der Waals surface area contributed by atoms with Crippen LogP contribution in [0.1, 0.15) is 39.5 Å². The maximum atomic E-state index is 12.1. The van der Waals surface area contributed by atoms with E-state index in [0.717, 1.165) is 0 Å². The zero-order valence-electron chi connectivity index (χ0n) is 18.2. The number of halogens is 3. The monoisotopic (exact) mass is 511 g/mol. The predicted octanol–water partition coefficient (Wildman–Crippen LogP) is 3.87. The van der Waals surface area contributed by atoms with Crippen LogP contribution in [0.25, 0.3) is 0 Å². The Hall–Kier alpha value is -1.71. The lowest BCUT2D eigenvalue weighted by Crippen LogP contribution is -2.46. The van der Waals surface area contributed by atoms with E-state index >= 15 is 0 Å². The van der Waals surface area contributed by atoms with E-state index in [-0.39, 0.29) is 28.8 Å². The normalized spacial score (nSPS) is 17.5. The smallest absolute Gasteiger partial charge is 0.330 e. The lowest BCUT2D eigenvalue weighted by molar-refractivity contribution is -0.423. The van der Waals surface area contributed by atoms with Gasteiger partial charge in [-0.15, -0.1) is 0 Å². The fraction of sp³-hybridized carbons (Fsp3) is 0.700. The molecular formula is C20H28Cl3N3O6. The van der Waals surface area contributed by atoms with Crippen LogP contribution in [0.3, 0.4) is 0 Å². The van der Waals surface area contributed by atoms with Crippen LogP contribution in [0.2, 0.25) is 0 Å². The molecule has 12 heteroatoms. The molecule has 0 radical (unpaired) electrons. The summed E-state index contributed by atoms with van der Waals surface area (Å²) in [6, 6.07) is 0. The number of carbonyl (C=O) groups excluding carboxylic acids is 2. The number of likely N-dealkylation sites (tertiary alicyclic amines) is 2. The van der Waals surface area contributed by atoms with Crippen molar-refractivity contribution in [3.8, 4) is 0 Å². The van der Waals surface area contributed by atoms with Gasteiger partial charge in [0.25, 0.3) is 0 Å². The minimum Gasteiger partial charge on any atom is -0.466 e. The lowest BCUT2D eigenvalue weighted by Gasteiger charge is -2.41. The van der Waals surface area contributed by atoms with Crippen molar-refractivity contribution in [2.45, 2.75) is 39.5 Å². The number of hydrogen-bond acceptors (Lipinski definition) is 8. The van der Waals surface area contributed by atoms with Crippen LogP contribution in [0.5, 0.6) is 0 Å². The molecule has 0 aromatic rings. The number of nitro groups is 1. The maximum Gasteiger partial charge on any atom is 0.330 e. The fourth-order valence-corrected chi connectivity index (χ4v) is 4.36. The minimum atomic E-state index is -0.600. The summed E-state index contributed by atoms with van der Waals surface area (Å²) in [5, 5.41) is 11.6. The summed E-state index contributed by atoms with van der Waals surface area (Å²) in [4.78, 5) is 39.2. The van der Waals surface area contributed by atoms with Gasteiger partial charge >= 0.3 is 17.6 Å². The Labute approximate surface area is 202 Å². The molecule has 0 spiro atoms. The molecule has 9 nitrogen and oxygen atoms in total. The third-order valence-corrected chi connectivity index (χ3v) is 6.54. The molecule has 2 saturated heterocycles. The standard InChI is InChI=1S/C20H28Cl3N3O6/c1-3-31-19(27)13-5-9-24(10-6-13)18(16(26(29)30)15(21)17(22)23)25-11-7-14(8-12-25)20(28)32-4-2/h13-14H,3-12H2,1-2H3. The molecule has 0 aromatic heterocycles. The van der Waals surface area contributed by atoms with Crippen molar-refractivity contribution in [2.75, 3.05) is 39.4 Å². The first-order valence-corrected chi connectivity index (χ1v) is 11.8. The molecule has 32 heavy (non-hydrogen) atoms. The third kappa shape index (κ3) is 6.65. The highest BCUT2D eigenvalue weighted by Crippen LogP contribution is 2.34. The van der Waals surface area contributed by atoms with Gasteiger partial charge in [0.1, 0.15) is 4.49 Å². The van der Waals surface area contributed by atoms with Crippen molar-refractivity contribution < 1.29 is 24.0 Å². The SMILES string of the molecule is CCOC(=O)C1CCN(C(=C(C(Cl)=C(Cl)Cl)[N+](=O)[O-])N2CCC(C(=O)OCC)CC2)CC1. The molecule has 0 saturated carbocycles. The van der Waals surface area contributed by atoms with Crippen molar-refractivity contribution in [3.63, 3.8) is 0 Å². The topological polar surface area (TPSA) is 102 Å². The first-order valence-electron chi connectivity index (χ1n) is 10.6. The van der Waals surface area contributed by atoms with Crippen LogP contribution in [0.15, 0.2) is 21.0 Å². The van der Waals surface area contributed by atoms with Crippen molar-refractivity contribution in [1.82, 2.24) is 9.80 Å². The number of ether oxygens (including phenoxy) is 2. The van der Waals surface area contributed by atoms with Crippen LogP contribution < -0.4 is 0 Å². The number of rotatable bonds is 8. The summed E-state index contributed by atoms with van der Waals surface area (Å²) in [5.41, 5.74) is -0.393. The Morgan fingerprint density at radius 2 is 1.25 bits per heavy atom. The minimum absolute atomic E-state index is 0.260. The number of piperidine rings is 2. The van der Waals surface area contributed by atoms with Gasteiger partial charge in [0, 0.05) is 26.2 Å². The molecule has 0 aliphatic carbocycles. The van der Waals surface area contributed by atoms with E-state index in [0.29, 0.717) is 70.9 Å². The number of hydrogen-bond donors (Lipinski definition) is 0. The van der Waals surface area contributed by atoms with Gasteiger partial charge in [0.2, 0.25) is 0 Å². The molecule has 0 unspecified atom stereocenters. The van der Waals surface area contributed by atoms with E-state index in [1.165, 1.54) is 0 Å². The molecule has 0 bridgehead atoms. The first-order chi connectivity index (χ1) is 15.2. The molecule has 180 valence electrons. The van der Waals surface area contributed by atoms with Crippen molar-refractivity contribution in [3.05, 3.63) is 31.2 Å². The Bertz CT molecular complexity index is 729. The maximum absolute atomic E-state index is 12.1. The Balaban J connectivity index is 2.31. The molecule has 2 rings (SSSR count). The Morgan fingerprint density at radius 1 is 0.875 bits per heavy atom. The van der Waals surface area contributed by atoms with E-state index in [1.54, 1.807) is 13.8 Å². The zero-order valence-corrected chi connectivity index (χ0v) is 20.4. The highest BCUT2D eigenvalue weighted by molar-refractivity contribution is 6.59. The lowest BCUT2D eigenvalue weighted by atomic mass is 9.95. The molecule has 2 fully saturated rings. The summed E-state index contributed by atoms with van der Waals surface area (Å²) in [7, 11) is 0. The average Bonchev–Trinajstić information content (AvgIpc) is 2.77. The number of esters is 2. The highest BCUT2D eigenvalue weighted by Gasteiger charge is 2.38. The number of nitrogens with zero attached hydrogens (tertiary/aromatic N) is 3. The van der Waals surface area contributed by atoms with Gasteiger partial charge in [0.05, 0.1) is 30.0 Å². The van der Waals surface area contributed by atoms with Gasteiger partial charge in [-0.05, 0) is 39.5 Å². The molecule has 2 heterocycles. The van der Waals surface area contributed by atoms with E-state index in [2.05, 4.69) is 0 Å². The van der Waals surface area contributed by atoms with Crippen molar-refractivity contribution in [1.29, 1.82) is 0 Å². The van der Waals surface area contributed by atoms with Gasteiger partial charge < -0.3 is 19.3 Å². The first kappa shape index (κ1) is 26.5. The summed E-state index contributed by atoms with van der Waals surface area (Å²) in [5.74, 6) is -0.746. The van der Waals surface area contributed by atoms with Gasteiger partial charge in [-0.2, -0.15) is 0 Å². The molecule has 2 aliphatic rings. The summed E-state index contributed by atoms with van der Waals surface area (Å²) in [6.45, 7) is 5.72. The van der Waals surface area contributed by atoms with E-state index in [9.17, 15) is 19.7 Å². The molecule has 0 amide bonds. The molecule has 0 aromatic carbocycles. The second kappa shape index (κ2) is 12.5. The second-order valence-electron chi connectivity index (χ2n) is 7.53. The molecule has 0 atom stereocenters. The van der Waals surface area contributed by atoms with Crippen LogP contribution in [0, 0.1) is 22.0 Å². The molecular weight excluding hydrogens is 485 g/mol. The second-order valence-corrected chi connectivity index (χ2v) is 8.86. The predicted molar refractivity (Wildman–Crippen MR) is 120 cm³/mol. The highest BCUT2D eigenvalue weighted by atomic mass is 35.5. The van der Waals surface area contributed by atoms with Gasteiger partial charge in [-0.1, -0.05) is 34.8 Å². The number of allylic oxidation sites excluding steroid dienone is 1. The average molecular weight is 513 g/mol. The van der Waals surface area contributed by atoms with Gasteiger partial charge in [-0.3, -0.25) is 19.7 Å². The summed E-state index contributed by atoms with van der Waals surface area (Å²) < 4.78 is 9.81. The third-order valence-electron chi connectivity index (χ3n) is 5.60. The van der Waals surface area contributed by atoms with Crippen LogP contribution in [-0.2, 0) is 19.1 Å². The largest absolute Gasteiger partial charge is 0.466 e. The quantitative estimate of drug-likeness (QED) is 0.209. The van der Waals surface area contributed by atoms with Crippen molar-refractivity contribution in [2.24, 2.45) is 11.8 Å². The van der Waals surface area contributed by atoms with E-state index in [4.69, 9.17) is 44.3 Å². The molecule has 2 aliphatic heterocycles. The van der Waals surface area contributed by atoms with Crippen LogP contribution >= 0.6 is 34.8 Å². The zero-order chi connectivity index (χ0) is 23.8. The van der Waals surface area contributed by atoms with E-state index < -0.39 is 15.1 Å². The molecule has 0 N–H and O–H groups in total.